The van der Waals surface area contributed by atoms with Crippen LogP contribution in [0.4, 0.5) is 5.82 Å². The third-order valence-electron chi connectivity index (χ3n) is 2.69. The first kappa shape index (κ1) is 9.78. The van der Waals surface area contributed by atoms with Crippen LogP contribution in [-0.2, 0) is 0 Å². The highest BCUT2D eigenvalue weighted by Crippen LogP contribution is 2.35. The van der Waals surface area contributed by atoms with E-state index in [9.17, 15) is 0 Å². The average molecular weight is 211 g/mol. The first-order valence-corrected chi connectivity index (χ1v) is 5.55. The van der Waals surface area contributed by atoms with Gasteiger partial charge in [0.25, 0.3) is 0 Å². The van der Waals surface area contributed by atoms with Crippen molar-refractivity contribution in [2.45, 2.75) is 32.2 Å². The Hall–Kier alpha value is -0.760. The molecule has 0 aromatic carbocycles. The van der Waals surface area contributed by atoms with Crippen LogP contribution in [0.25, 0.3) is 0 Å². The van der Waals surface area contributed by atoms with Gasteiger partial charge in [0.05, 0.1) is 5.02 Å². The van der Waals surface area contributed by atoms with E-state index in [1.807, 2.05) is 12.1 Å². The predicted molar refractivity (Wildman–Crippen MR) is 59.7 cm³/mol. The van der Waals surface area contributed by atoms with Gasteiger partial charge in [-0.25, -0.2) is 4.98 Å². The Morgan fingerprint density at radius 3 is 2.86 bits per heavy atom. The van der Waals surface area contributed by atoms with Crippen molar-refractivity contribution >= 4 is 17.4 Å². The van der Waals surface area contributed by atoms with E-state index in [4.69, 9.17) is 11.6 Å². The van der Waals surface area contributed by atoms with E-state index in [2.05, 4.69) is 17.2 Å². The molecule has 0 bridgehead atoms. The van der Waals surface area contributed by atoms with Gasteiger partial charge in [-0.05, 0) is 37.3 Å². The average Bonchev–Trinajstić information content (AvgIpc) is 3.01. The highest BCUT2D eigenvalue weighted by atomic mass is 35.5. The summed E-state index contributed by atoms with van der Waals surface area (Å²) in [6.07, 6.45) is 5.57. The Labute approximate surface area is 89.7 Å². The van der Waals surface area contributed by atoms with Gasteiger partial charge in [0.1, 0.15) is 5.82 Å². The van der Waals surface area contributed by atoms with Crippen molar-refractivity contribution in [2.24, 2.45) is 5.92 Å². The molecule has 14 heavy (non-hydrogen) atoms. The fourth-order valence-electron chi connectivity index (χ4n) is 1.70. The van der Waals surface area contributed by atoms with Crippen molar-refractivity contribution in [1.29, 1.82) is 0 Å². The second-order valence-corrected chi connectivity index (χ2v) is 4.29. The molecule has 0 aliphatic heterocycles. The fraction of sp³-hybridized carbons (Fsp3) is 0.545. The Bertz CT molecular complexity index is 293. The zero-order valence-electron chi connectivity index (χ0n) is 8.33. The lowest BCUT2D eigenvalue weighted by Gasteiger charge is -2.16. The van der Waals surface area contributed by atoms with Gasteiger partial charge in [0.2, 0.25) is 0 Å². The summed E-state index contributed by atoms with van der Waals surface area (Å²) >= 11 is 5.77. The topological polar surface area (TPSA) is 24.9 Å². The van der Waals surface area contributed by atoms with E-state index in [0.717, 1.165) is 18.2 Å². The van der Waals surface area contributed by atoms with Crippen LogP contribution in [0.15, 0.2) is 18.3 Å². The molecule has 0 spiro atoms. The monoisotopic (exact) mass is 210 g/mol. The maximum absolute atomic E-state index is 5.77. The molecule has 1 fully saturated rings. The van der Waals surface area contributed by atoms with E-state index in [0.29, 0.717) is 11.1 Å². The lowest BCUT2D eigenvalue weighted by molar-refractivity contribution is 0.614. The second kappa shape index (κ2) is 4.18. The molecule has 1 aliphatic rings. The van der Waals surface area contributed by atoms with Crippen molar-refractivity contribution < 1.29 is 0 Å². The van der Waals surface area contributed by atoms with Crippen LogP contribution in [0, 0.1) is 5.92 Å². The number of halogens is 1. The summed E-state index contributed by atoms with van der Waals surface area (Å²) in [7, 11) is 0. The SMILES string of the molecule is CCC(Nc1ccc(Cl)cn1)C1CC1. The van der Waals surface area contributed by atoms with E-state index in [-0.39, 0.29) is 0 Å². The zero-order chi connectivity index (χ0) is 9.97. The Morgan fingerprint density at radius 2 is 2.36 bits per heavy atom. The minimum absolute atomic E-state index is 0.587. The molecule has 1 aromatic rings. The van der Waals surface area contributed by atoms with E-state index < -0.39 is 0 Å². The second-order valence-electron chi connectivity index (χ2n) is 3.86. The van der Waals surface area contributed by atoms with Gasteiger partial charge in [-0.3, -0.25) is 0 Å². The van der Waals surface area contributed by atoms with Crippen molar-refractivity contribution in [3.8, 4) is 0 Å². The summed E-state index contributed by atoms with van der Waals surface area (Å²) in [6, 6.07) is 4.40. The number of hydrogen-bond donors (Lipinski definition) is 1. The number of pyridine rings is 1. The van der Waals surface area contributed by atoms with E-state index in [1.165, 1.54) is 12.8 Å². The van der Waals surface area contributed by atoms with Crippen LogP contribution in [0.3, 0.4) is 0 Å². The van der Waals surface area contributed by atoms with Crippen LogP contribution in [0.5, 0.6) is 0 Å². The van der Waals surface area contributed by atoms with Crippen molar-refractivity contribution in [3.05, 3.63) is 23.4 Å². The maximum Gasteiger partial charge on any atom is 0.126 e. The van der Waals surface area contributed by atoms with Crippen LogP contribution in [0.2, 0.25) is 5.02 Å². The first-order valence-electron chi connectivity index (χ1n) is 5.17. The predicted octanol–water partition coefficient (Wildman–Crippen LogP) is 3.34. The van der Waals surface area contributed by atoms with Crippen LogP contribution < -0.4 is 5.32 Å². The van der Waals surface area contributed by atoms with Crippen molar-refractivity contribution in [2.75, 3.05) is 5.32 Å². The standard InChI is InChI=1S/C11H15ClN2/c1-2-10(8-3-4-8)14-11-6-5-9(12)7-13-11/h5-8,10H,2-4H2,1H3,(H,13,14). The van der Waals surface area contributed by atoms with E-state index >= 15 is 0 Å². The van der Waals surface area contributed by atoms with Gasteiger partial charge >= 0.3 is 0 Å². The van der Waals surface area contributed by atoms with Crippen molar-refractivity contribution in [3.63, 3.8) is 0 Å². The molecule has 1 saturated carbocycles. The van der Waals surface area contributed by atoms with E-state index in [1.54, 1.807) is 6.20 Å². The quantitative estimate of drug-likeness (QED) is 0.825. The number of nitrogens with one attached hydrogen (secondary N) is 1. The molecular formula is C11H15ClN2. The normalized spacial score (nSPS) is 17.9. The molecule has 1 atom stereocenters. The van der Waals surface area contributed by atoms with Gasteiger partial charge in [0, 0.05) is 12.2 Å². The Balaban J connectivity index is 1.98. The van der Waals surface area contributed by atoms with Gasteiger partial charge < -0.3 is 5.32 Å². The summed E-state index contributed by atoms with van der Waals surface area (Å²) < 4.78 is 0. The number of rotatable bonds is 4. The minimum Gasteiger partial charge on any atom is -0.367 e. The van der Waals surface area contributed by atoms with Crippen LogP contribution in [-0.4, -0.2) is 11.0 Å². The van der Waals surface area contributed by atoms with Gasteiger partial charge in [-0.2, -0.15) is 0 Å². The smallest absolute Gasteiger partial charge is 0.126 e. The van der Waals surface area contributed by atoms with Gasteiger partial charge in [-0.15, -0.1) is 0 Å². The highest BCUT2D eigenvalue weighted by molar-refractivity contribution is 6.30. The molecule has 1 unspecified atom stereocenters. The summed E-state index contributed by atoms with van der Waals surface area (Å²) in [6.45, 7) is 2.21. The molecule has 1 aliphatic carbocycles. The number of aromatic nitrogens is 1. The highest BCUT2D eigenvalue weighted by Gasteiger charge is 2.29. The molecule has 0 radical (unpaired) electrons. The molecule has 1 aromatic heterocycles. The molecular weight excluding hydrogens is 196 g/mol. The third-order valence-corrected chi connectivity index (χ3v) is 2.92. The molecule has 1 N–H and O–H groups in total. The first-order chi connectivity index (χ1) is 6.79. The minimum atomic E-state index is 0.587. The largest absolute Gasteiger partial charge is 0.367 e. The molecule has 0 saturated heterocycles. The summed E-state index contributed by atoms with van der Waals surface area (Å²) in [5.74, 6) is 1.80. The number of nitrogens with zero attached hydrogens (tertiary/aromatic N) is 1. The van der Waals surface area contributed by atoms with Crippen molar-refractivity contribution in [1.82, 2.24) is 4.98 Å². The summed E-state index contributed by atoms with van der Waals surface area (Å²) in [5.41, 5.74) is 0. The number of anilines is 1. The lowest BCUT2D eigenvalue weighted by atomic mass is 10.1. The van der Waals surface area contributed by atoms with Crippen LogP contribution >= 0.6 is 11.6 Å². The van der Waals surface area contributed by atoms with Gasteiger partial charge in [-0.1, -0.05) is 18.5 Å². The fourth-order valence-corrected chi connectivity index (χ4v) is 1.81. The Morgan fingerprint density at radius 1 is 1.57 bits per heavy atom. The molecule has 76 valence electrons. The maximum atomic E-state index is 5.77. The zero-order valence-corrected chi connectivity index (χ0v) is 9.09. The molecule has 3 heteroatoms. The Kier molecular flexibility index (Phi) is 2.92. The third kappa shape index (κ3) is 2.38. The molecule has 1 heterocycles. The van der Waals surface area contributed by atoms with Gasteiger partial charge in [0.15, 0.2) is 0 Å². The number of hydrogen-bond acceptors (Lipinski definition) is 2. The summed E-state index contributed by atoms with van der Waals surface area (Å²) in [5, 5.41) is 4.14. The van der Waals surface area contributed by atoms with Crippen LogP contribution in [0.1, 0.15) is 26.2 Å². The molecule has 2 nitrogen and oxygen atoms in total. The molecule has 0 amide bonds. The summed E-state index contributed by atoms with van der Waals surface area (Å²) in [4.78, 5) is 4.23. The molecule has 2 rings (SSSR count). The lowest BCUT2D eigenvalue weighted by Crippen LogP contribution is -2.21.